The van der Waals surface area contributed by atoms with Crippen molar-refractivity contribution < 1.29 is 28.8 Å². The van der Waals surface area contributed by atoms with Crippen LogP contribution in [0.2, 0.25) is 0 Å². The van der Waals surface area contributed by atoms with Crippen molar-refractivity contribution in [3.8, 4) is 0 Å². The fourth-order valence-electron chi connectivity index (χ4n) is 2.56. The first kappa shape index (κ1) is 25.8. The molecule has 0 saturated carbocycles. The van der Waals surface area contributed by atoms with Crippen LogP contribution in [0.15, 0.2) is 0 Å². The Labute approximate surface area is 160 Å². The number of aliphatic hydroxyl groups excluding tert-OH is 1. The number of hydrogen-bond acceptors (Lipinski definition) is 6. The van der Waals surface area contributed by atoms with E-state index < -0.39 is 0 Å². The zero-order valence-corrected chi connectivity index (χ0v) is 17.1. The monoisotopic (exact) mass is 378 g/mol. The highest BCUT2D eigenvalue weighted by molar-refractivity contribution is 4.52. The van der Waals surface area contributed by atoms with Crippen molar-refractivity contribution in [2.75, 3.05) is 72.7 Å². The molecule has 0 radical (unpaired) electrons. The van der Waals surface area contributed by atoms with Crippen LogP contribution in [0.4, 0.5) is 0 Å². The Morgan fingerprint density at radius 2 is 1.04 bits per heavy atom. The van der Waals surface area contributed by atoms with E-state index in [1.807, 2.05) is 0 Å². The average Bonchev–Trinajstić information content (AvgIpc) is 2.64. The minimum Gasteiger partial charge on any atom is -0.394 e. The summed E-state index contributed by atoms with van der Waals surface area (Å²) < 4.78 is 26.8. The van der Waals surface area contributed by atoms with E-state index in [2.05, 4.69) is 13.8 Å². The van der Waals surface area contributed by atoms with Gasteiger partial charge in [-0.3, -0.25) is 0 Å². The quantitative estimate of drug-likeness (QED) is 0.292. The van der Waals surface area contributed by atoms with Gasteiger partial charge in [0.25, 0.3) is 0 Å². The van der Waals surface area contributed by atoms with Gasteiger partial charge >= 0.3 is 0 Å². The molecule has 1 N–H and O–H groups in total. The fraction of sp³-hybridized carbons (Fsp3) is 1.00. The average molecular weight is 379 g/mol. The molecule has 0 amide bonds. The summed E-state index contributed by atoms with van der Waals surface area (Å²) in [5.41, 5.74) is 0. The van der Waals surface area contributed by atoms with Crippen molar-refractivity contribution in [2.45, 2.75) is 52.4 Å². The van der Waals surface area contributed by atoms with Gasteiger partial charge in [-0.15, -0.1) is 0 Å². The Hall–Kier alpha value is -0.240. The SMILES string of the molecule is CCCC(C)CCCCCOCCOCCOCCOCCOCCO. The molecule has 1 unspecified atom stereocenters. The summed E-state index contributed by atoms with van der Waals surface area (Å²) in [6.45, 7) is 10.4. The smallest absolute Gasteiger partial charge is 0.0701 e. The lowest BCUT2D eigenvalue weighted by atomic mass is 9.99. The molecule has 0 spiro atoms. The van der Waals surface area contributed by atoms with E-state index in [4.69, 9.17) is 28.8 Å². The summed E-state index contributed by atoms with van der Waals surface area (Å²) >= 11 is 0. The van der Waals surface area contributed by atoms with Crippen LogP contribution in [0.5, 0.6) is 0 Å². The molecule has 0 aliphatic rings. The minimum absolute atomic E-state index is 0.0482. The van der Waals surface area contributed by atoms with Gasteiger partial charge in [-0.2, -0.15) is 0 Å². The first-order valence-electron chi connectivity index (χ1n) is 10.3. The summed E-state index contributed by atoms with van der Waals surface area (Å²) in [7, 11) is 0. The molecule has 0 aromatic rings. The second kappa shape index (κ2) is 22.8. The molecule has 0 rings (SSSR count). The third-order valence-electron chi connectivity index (χ3n) is 3.99. The zero-order chi connectivity index (χ0) is 19.1. The van der Waals surface area contributed by atoms with Gasteiger partial charge in [0.2, 0.25) is 0 Å². The largest absolute Gasteiger partial charge is 0.394 e. The molecular weight excluding hydrogens is 336 g/mol. The summed E-state index contributed by atoms with van der Waals surface area (Å²) in [6.07, 6.45) is 7.72. The molecule has 158 valence electrons. The Balaban J connectivity index is 3.01. The molecule has 0 bridgehead atoms. The van der Waals surface area contributed by atoms with Gasteiger partial charge in [-0.1, -0.05) is 46.0 Å². The summed E-state index contributed by atoms with van der Waals surface area (Å²) in [5.74, 6) is 0.869. The van der Waals surface area contributed by atoms with E-state index in [1.54, 1.807) is 0 Å². The first-order valence-corrected chi connectivity index (χ1v) is 10.3. The highest BCUT2D eigenvalue weighted by Gasteiger charge is 2.00. The Morgan fingerprint density at radius 1 is 0.577 bits per heavy atom. The molecule has 0 aromatic carbocycles. The maximum Gasteiger partial charge on any atom is 0.0701 e. The fourth-order valence-corrected chi connectivity index (χ4v) is 2.56. The third kappa shape index (κ3) is 21.8. The molecule has 0 aromatic heterocycles. The maximum absolute atomic E-state index is 8.53. The van der Waals surface area contributed by atoms with Crippen molar-refractivity contribution in [1.29, 1.82) is 0 Å². The molecule has 0 aliphatic carbocycles. The van der Waals surface area contributed by atoms with Crippen molar-refractivity contribution in [3.05, 3.63) is 0 Å². The molecule has 0 heterocycles. The van der Waals surface area contributed by atoms with E-state index >= 15 is 0 Å². The number of hydrogen-bond donors (Lipinski definition) is 1. The van der Waals surface area contributed by atoms with Crippen LogP contribution in [-0.2, 0) is 23.7 Å². The lowest BCUT2D eigenvalue weighted by Crippen LogP contribution is -2.13. The van der Waals surface area contributed by atoms with Crippen LogP contribution >= 0.6 is 0 Å². The maximum atomic E-state index is 8.53. The van der Waals surface area contributed by atoms with Crippen LogP contribution in [0.1, 0.15) is 52.4 Å². The van der Waals surface area contributed by atoms with E-state index in [1.165, 1.54) is 32.1 Å². The Kier molecular flexibility index (Phi) is 22.6. The highest BCUT2D eigenvalue weighted by atomic mass is 16.6. The molecular formula is C20H42O6. The molecule has 0 aliphatic heterocycles. The zero-order valence-electron chi connectivity index (χ0n) is 17.1. The predicted octanol–water partition coefficient (Wildman–Crippen LogP) is 3.06. The van der Waals surface area contributed by atoms with Gasteiger partial charge in [0.1, 0.15) is 0 Å². The Morgan fingerprint density at radius 3 is 1.50 bits per heavy atom. The lowest BCUT2D eigenvalue weighted by molar-refractivity contribution is -0.0134. The molecule has 6 heteroatoms. The number of ether oxygens (including phenoxy) is 5. The Bertz CT molecular complexity index is 252. The van der Waals surface area contributed by atoms with E-state index in [-0.39, 0.29) is 6.61 Å². The number of rotatable bonds is 22. The van der Waals surface area contributed by atoms with Crippen LogP contribution in [0.3, 0.4) is 0 Å². The van der Waals surface area contributed by atoms with E-state index in [0.29, 0.717) is 59.5 Å². The van der Waals surface area contributed by atoms with E-state index in [0.717, 1.165) is 18.9 Å². The standard InChI is InChI=1S/C20H42O6/c1-3-7-20(2)8-5-4-6-10-22-12-14-24-16-18-26-19-17-25-15-13-23-11-9-21/h20-21H,3-19H2,1-2H3. The molecule has 0 saturated heterocycles. The molecule has 0 fully saturated rings. The molecule has 1 atom stereocenters. The second-order valence-electron chi connectivity index (χ2n) is 6.53. The highest BCUT2D eigenvalue weighted by Crippen LogP contribution is 2.14. The van der Waals surface area contributed by atoms with Crippen molar-refractivity contribution >= 4 is 0 Å². The first-order chi connectivity index (χ1) is 12.8. The van der Waals surface area contributed by atoms with Crippen LogP contribution in [0.25, 0.3) is 0 Å². The van der Waals surface area contributed by atoms with Crippen LogP contribution in [0, 0.1) is 5.92 Å². The lowest BCUT2D eigenvalue weighted by Gasteiger charge is -2.09. The van der Waals surface area contributed by atoms with E-state index in [9.17, 15) is 0 Å². The third-order valence-corrected chi connectivity index (χ3v) is 3.99. The van der Waals surface area contributed by atoms with Crippen LogP contribution in [-0.4, -0.2) is 77.8 Å². The normalized spacial score (nSPS) is 12.6. The minimum atomic E-state index is 0.0482. The van der Waals surface area contributed by atoms with Crippen molar-refractivity contribution in [1.82, 2.24) is 0 Å². The van der Waals surface area contributed by atoms with Gasteiger partial charge in [0, 0.05) is 6.61 Å². The second-order valence-corrected chi connectivity index (χ2v) is 6.53. The van der Waals surface area contributed by atoms with Gasteiger partial charge < -0.3 is 28.8 Å². The van der Waals surface area contributed by atoms with Gasteiger partial charge in [-0.05, 0) is 12.3 Å². The van der Waals surface area contributed by atoms with Gasteiger partial charge in [0.05, 0.1) is 66.1 Å². The predicted molar refractivity (Wildman–Crippen MR) is 104 cm³/mol. The summed E-state index contributed by atoms with van der Waals surface area (Å²) in [4.78, 5) is 0. The number of unbranched alkanes of at least 4 members (excludes halogenated alkanes) is 2. The molecule has 26 heavy (non-hydrogen) atoms. The summed E-state index contributed by atoms with van der Waals surface area (Å²) in [5, 5.41) is 8.53. The van der Waals surface area contributed by atoms with Crippen LogP contribution < -0.4 is 0 Å². The van der Waals surface area contributed by atoms with Gasteiger partial charge in [0.15, 0.2) is 0 Å². The summed E-state index contributed by atoms with van der Waals surface area (Å²) in [6, 6.07) is 0. The van der Waals surface area contributed by atoms with Crippen molar-refractivity contribution in [2.24, 2.45) is 5.92 Å². The van der Waals surface area contributed by atoms with Crippen molar-refractivity contribution in [3.63, 3.8) is 0 Å². The topological polar surface area (TPSA) is 66.4 Å². The van der Waals surface area contributed by atoms with Gasteiger partial charge in [-0.25, -0.2) is 0 Å². The molecule has 6 nitrogen and oxygen atoms in total. The number of aliphatic hydroxyl groups is 1.